The Morgan fingerprint density at radius 1 is 1.17 bits per heavy atom. The van der Waals surface area contributed by atoms with Gasteiger partial charge in [-0.15, -0.1) is 11.3 Å². The number of esters is 1. The Hall–Kier alpha value is -1.61. The smallest absolute Gasteiger partial charge is 0.309 e. The molecular formula is C28H43NO6S. The first kappa shape index (κ1) is 29.0. The highest BCUT2D eigenvalue weighted by Crippen LogP contribution is 2.46. The molecule has 8 atom stereocenters. The minimum absolute atomic E-state index is 0.0618. The third-order valence-corrected chi connectivity index (χ3v) is 8.91. The van der Waals surface area contributed by atoms with Gasteiger partial charge in [0.05, 0.1) is 46.5 Å². The topological polar surface area (TPSA) is 109 Å². The van der Waals surface area contributed by atoms with Gasteiger partial charge in [0.1, 0.15) is 11.9 Å². The maximum absolute atomic E-state index is 13.3. The molecule has 0 radical (unpaired) electrons. The first-order chi connectivity index (χ1) is 16.6. The minimum Gasteiger partial charge on any atom is -0.458 e. The van der Waals surface area contributed by atoms with E-state index >= 15 is 0 Å². The SMILES string of the molecule is C/C(=C\c1csc(C)n1)[C@H]1C[C@@H]2O[C@]2(C)C[C@H](C)C[C@@H](C)[C@@H](O)[C@@H](C)C(=O)C(C)(C)[C@@H](O)CC(=O)O1. The van der Waals surface area contributed by atoms with Crippen LogP contribution < -0.4 is 0 Å². The summed E-state index contributed by atoms with van der Waals surface area (Å²) in [6, 6.07) is 0. The molecule has 36 heavy (non-hydrogen) atoms. The maximum Gasteiger partial charge on any atom is 0.309 e. The fourth-order valence-corrected chi connectivity index (χ4v) is 6.20. The van der Waals surface area contributed by atoms with Crippen molar-refractivity contribution in [1.29, 1.82) is 0 Å². The molecule has 1 aromatic heterocycles. The molecule has 1 aromatic rings. The number of cyclic esters (lactones) is 1. The van der Waals surface area contributed by atoms with Crippen molar-refractivity contribution in [2.75, 3.05) is 0 Å². The average molecular weight is 522 g/mol. The molecule has 0 amide bonds. The van der Waals surface area contributed by atoms with Crippen molar-refractivity contribution < 1.29 is 29.3 Å². The molecule has 2 aliphatic rings. The van der Waals surface area contributed by atoms with Crippen LogP contribution in [-0.4, -0.2) is 57.0 Å². The fourth-order valence-electron chi connectivity index (χ4n) is 5.63. The van der Waals surface area contributed by atoms with E-state index in [1.54, 1.807) is 32.1 Å². The Balaban J connectivity index is 1.89. The number of aliphatic hydroxyl groups is 2. The maximum atomic E-state index is 13.3. The monoisotopic (exact) mass is 521 g/mol. The molecule has 8 heteroatoms. The number of hydrogen-bond donors (Lipinski definition) is 2. The van der Waals surface area contributed by atoms with Crippen LogP contribution in [0.1, 0.15) is 84.9 Å². The van der Waals surface area contributed by atoms with Crippen LogP contribution in [0.4, 0.5) is 0 Å². The lowest BCUT2D eigenvalue weighted by atomic mass is 9.72. The summed E-state index contributed by atoms with van der Waals surface area (Å²) in [5.74, 6) is -1.31. The second-order valence-electron chi connectivity index (χ2n) is 11.9. The number of thiazole rings is 1. The molecule has 0 aromatic carbocycles. The number of aryl methyl sites for hydroxylation is 1. The summed E-state index contributed by atoms with van der Waals surface area (Å²) >= 11 is 1.56. The molecule has 2 fully saturated rings. The van der Waals surface area contributed by atoms with Crippen molar-refractivity contribution in [3.63, 3.8) is 0 Å². The van der Waals surface area contributed by atoms with Crippen LogP contribution in [0.5, 0.6) is 0 Å². The van der Waals surface area contributed by atoms with E-state index in [0.717, 1.165) is 29.1 Å². The molecule has 0 aliphatic carbocycles. The van der Waals surface area contributed by atoms with Gasteiger partial charge >= 0.3 is 5.97 Å². The first-order valence-electron chi connectivity index (χ1n) is 13.0. The van der Waals surface area contributed by atoms with Gasteiger partial charge in [0.25, 0.3) is 0 Å². The number of carbonyl (C=O) groups excluding carboxylic acids is 2. The first-order valence-corrected chi connectivity index (χ1v) is 13.9. The number of ketones is 1. The van der Waals surface area contributed by atoms with Gasteiger partial charge in [0.15, 0.2) is 0 Å². The van der Waals surface area contributed by atoms with Gasteiger partial charge in [0.2, 0.25) is 0 Å². The predicted molar refractivity (Wildman–Crippen MR) is 140 cm³/mol. The van der Waals surface area contributed by atoms with E-state index in [-0.39, 0.29) is 35.7 Å². The summed E-state index contributed by atoms with van der Waals surface area (Å²) < 4.78 is 12.0. The molecule has 0 bridgehead atoms. The lowest BCUT2D eigenvalue weighted by Crippen LogP contribution is -2.46. The largest absolute Gasteiger partial charge is 0.458 e. The van der Waals surface area contributed by atoms with Gasteiger partial charge in [-0.1, -0.05) is 34.6 Å². The predicted octanol–water partition coefficient (Wildman–Crippen LogP) is 4.72. The molecule has 2 N–H and O–H groups in total. The van der Waals surface area contributed by atoms with Crippen LogP contribution in [0.2, 0.25) is 0 Å². The van der Waals surface area contributed by atoms with Gasteiger partial charge in [-0.2, -0.15) is 0 Å². The number of nitrogens with zero attached hydrogens (tertiary/aromatic N) is 1. The zero-order valence-electron chi connectivity index (χ0n) is 22.9. The van der Waals surface area contributed by atoms with Crippen molar-refractivity contribution in [2.24, 2.45) is 23.2 Å². The van der Waals surface area contributed by atoms with Crippen LogP contribution in [0, 0.1) is 30.1 Å². The zero-order valence-corrected chi connectivity index (χ0v) is 23.7. The number of Topliss-reactive ketones (excluding diaryl/α,β-unsaturated/α-hetero) is 1. The Labute approximate surface area is 219 Å². The molecule has 0 spiro atoms. The molecule has 202 valence electrons. The van der Waals surface area contributed by atoms with Gasteiger partial charge in [0, 0.05) is 17.7 Å². The highest BCUT2D eigenvalue weighted by molar-refractivity contribution is 7.09. The summed E-state index contributed by atoms with van der Waals surface area (Å²) in [6.07, 6.45) is 1.04. The van der Waals surface area contributed by atoms with Crippen LogP contribution in [0.3, 0.4) is 0 Å². The quantitative estimate of drug-likeness (QED) is 0.428. The minimum atomic E-state index is -1.23. The number of carbonyl (C=O) groups is 2. The van der Waals surface area contributed by atoms with Crippen molar-refractivity contribution in [2.45, 2.75) is 111 Å². The average Bonchev–Trinajstić information content (AvgIpc) is 3.21. The second kappa shape index (κ2) is 11.0. The summed E-state index contributed by atoms with van der Waals surface area (Å²) in [4.78, 5) is 30.8. The molecule has 2 saturated heterocycles. The molecule has 3 heterocycles. The van der Waals surface area contributed by atoms with E-state index in [1.807, 2.05) is 32.2 Å². The van der Waals surface area contributed by atoms with Crippen molar-refractivity contribution >= 4 is 29.2 Å². The summed E-state index contributed by atoms with van der Waals surface area (Å²) in [5.41, 5.74) is 0.139. The second-order valence-corrected chi connectivity index (χ2v) is 13.0. The number of epoxide rings is 1. The van der Waals surface area contributed by atoms with Gasteiger partial charge in [-0.05, 0) is 57.1 Å². The number of aromatic nitrogens is 1. The van der Waals surface area contributed by atoms with E-state index in [0.29, 0.717) is 6.42 Å². The van der Waals surface area contributed by atoms with Crippen molar-refractivity contribution in [3.8, 4) is 0 Å². The zero-order chi connectivity index (χ0) is 27.0. The number of hydrogen-bond acceptors (Lipinski definition) is 8. The fraction of sp³-hybridized carbons (Fsp3) is 0.750. The van der Waals surface area contributed by atoms with E-state index in [4.69, 9.17) is 9.47 Å². The number of fused-ring (bicyclic) bond motifs is 1. The molecule has 0 saturated carbocycles. The van der Waals surface area contributed by atoms with Gasteiger partial charge in [-0.3, -0.25) is 9.59 Å². The third-order valence-electron chi connectivity index (χ3n) is 8.12. The summed E-state index contributed by atoms with van der Waals surface area (Å²) in [6.45, 7) is 15.0. The summed E-state index contributed by atoms with van der Waals surface area (Å²) in [7, 11) is 0. The van der Waals surface area contributed by atoms with E-state index in [1.165, 1.54) is 0 Å². The molecule has 0 unspecified atom stereocenters. The molecule has 3 rings (SSSR count). The third kappa shape index (κ3) is 6.63. The van der Waals surface area contributed by atoms with Crippen LogP contribution in [0.15, 0.2) is 11.0 Å². The highest BCUT2D eigenvalue weighted by Gasteiger charge is 2.54. The Kier molecular flexibility index (Phi) is 8.86. The number of aliphatic hydroxyl groups excluding tert-OH is 2. The van der Waals surface area contributed by atoms with Crippen LogP contribution in [-0.2, 0) is 19.1 Å². The Bertz CT molecular complexity index is 986. The molecule has 7 nitrogen and oxygen atoms in total. The van der Waals surface area contributed by atoms with Crippen molar-refractivity contribution in [3.05, 3.63) is 21.7 Å². The van der Waals surface area contributed by atoms with Crippen LogP contribution >= 0.6 is 11.3 Å². The van der Waals surface area contributed by atoms with Crippen LogP contribution in [0.25, 0.3) is 6.08 Å². The van der Waals surface area contributed by atoms with Gasteiger partial charge in [-0.25, -0.2) is 4.98 Å². The molecular weight excluding hydrogens is 478 g/mol. The highest BCUT2D eigenvalue weighted by atomic mass is 32.1. The van der Waals surface area contributed by atoms with Crippen molar-refractivity contribution in [1.82, 2.24) is 4.98 Å². The van der Waals surface area contributed by atoms with E-state index < -0.39 is 35.6 Å². The molecule has 2 aliphatic heterocycles. The lowest BCUT2D eigenvalue weighted by molar-refractivity contribution is -0.154. The normalized spacial score (nSPS) is 38.8. The summed E-state index contributed by atoms with van der Waals surface area (Å²) in [5, 5.41) is 24.8. The lowest BCUT2D eigenvalue weighted by Gasteiger charge is -2.35. The number of rotatable bonds is 2. The van der Waals surface area contributed by atoms with Gasteiger partial charge < -0.3 is 19.7 Å². The van der Waals surface area contributed by atoms with E-state index in [9.17, 15) is 19.8 Å². The van der Waals surface area contributed by atoms with E-state index in [2.05, 4.69) is 18.8 Å². The number of ether oxygens (including phenoxy) is 2. The Morgan fingerprint density at radius 3 is 2.44 bits per heavy atom. The standard InChI is InChI=1S/C28H43NO6S/c1-15-9-17(3)25(32)18(4)26(33)27(6,7)22(30)12-24(31)34-21(11-23-28(8,13-15)35-23)16(2)10-20-14-36-19(5)29-20/h10,14-15,17-18,21-23,25,30,32H,9,11-13H2,1-8H3/b16-10+/t15-,17-,18-,21-,22+,23+,25-,28-/m1/s1. The Morgan fingerprint density at radius 2 is 1.83 bits per heavy atom.